The highest BCUT2D eigenvalue weighted by atomic mass is 16.5. The van der Waals surface area contributed by atoms with Gasteiger partial charge in [-0.15, -0.1) is 0 Å². The minimum atomic E-state index is 0.200. The number of nitrogens with one attached hydrogen (secondary N) is 1. The second kappa shape index (κ2) is 3.36. The molecule has 0 radical (unpaired) electrons. The predicted octanol–water partition coefficient (Wildman–Crippen LogP) is 2.46. The number of hydrogen-bond donors (Lipinski definition) is 0. The van der Waals surface area contributed by atoms with Crippen molar-refractivity contribution in [3.05, 3.63) is 11.4 Å². The van der Waals surface area contributed by atoms with Crippen LogP contribution in [0.3, 0.4) is 0 Å². The van der Waals surface area contributed by atoms with Crippen LogP contribution in [-0.2, 0) is 0 Å². The van der Waals surface area contributed by atoms with Gasteiger partial charge in [0.05, 0.1) is 0 Å². The molecule has 1 fully saturated rings. The van der Waals surface area contributed by atoms with Gasteiger partial charge in [-0.05, 0) is 17.5 Å². The van der Waals surface area contributed by atoms with E-state index in [1.54, 1.807) is 0 Å². The van der Waals surface area contributed by atoms with Crippen molar-refractivity contribution in [1.29, 1.82) is 0 Å². The third-order valence-corrected chi connectivity index (χ3v) is 2.81. The Balaban J connectivity index is 2.18. The van der Waals surface area contributed by atoms with E-state index in [0.717, 1.165) is 5.69 Å². The van der Waals surface area contributed by atoms with E-state index in [4.69, 9.17) is 10.3 Å². The maximum Gasteiger partial charge on any atom is 0.231 e. The van der Waals surface area contributed by atoms with Gasteiger partial charge in [0.25, 0.3) is 0 Å². The average molecular weight is 181 g/mol. The van der Waals surface area contributed by atoms with E-state index in [-0.39, 0.29) is 5.88 Å². The molecule has 0 spiro atoms. The molecule has 13 heavy (non-hydrogen) atoms. The van der Waals surface area contributed by atoms with Crippen LogP contribution in [0.15, 0.2) is 4.52 Å². The normalized spacial score (nSPS) is 19.2. The second-order valence-electron chi connectivity index (χ2n) is 3.72. The molecule has 1 aliphatic rings. The van der Waals surface area contributed by atoms with Gasteiger partial charge in [0.2, 0.25) is 5.69 Å². The second-order valence-corrected chi connectivity index (χ2v) is 3.72. The van der Waals surface area contributed by atoms with Crippen molar-refractivity contribution in [1.82, 2.24) is 5.27 Å². The van der Waals surface area contributed by atoms with Gasteiger partial charge in [-0.2, -0.15) is 0 Å². The molecule has 1 heterocycles. The van der Waals surface area contributed by atoms with Crippen LogP contribution in [0.25, 0.3) is 5.73 Å². The fourth-order valence-electron chi connectivity index (χ4n) is 1.98. The number of aromatic nitrogens is 2. The quantitative estimate of drug-likeness (QED) is 0.625. The maximum absolute atomic E-state index is 7.41. The number of nitrogens with zero attached hydrogens (tertiary/aromatic N) is 2. The van der Waals surface area contributed by atoms with Gasteiger partial charge in [0, 0.05) is 19.8 Å². The summed E-state index contributed by atoms with van der Waals surface area (Å²) < 4.78 is 6.70. The van der Waals surface area contributed by atoms with Crippen molar-refractivity contribution in [2.24, 2.45) is 0 Å². The van der Waals surface area contributed by atoms with Crippen LogP contribution in [0.2, 0.25) is 0 Å². The van der Waals surface area contributed by atoms with E-state index in [1.165, 1.54) is 32.1 Å². The molecule has 0 bridgehead atoms. The lowest BCUT2D eigenvalue weighted by Gasteiger charge is -2.14. The molecule has 0 saturated heterocycles. The van der Waals surface area contributed by atoms with E-state index in [9.17, 15) is 0 Å². The fourth-order valence-corrected chi connectivity index (χ4v) is 1.98. The minimum absolute atomic E-state index is 0.200. The Labute approximate surface area is 77.7 Å². The summed E-state index contributed by atoms with van der Waals surface area (Å²) in [5, 5.41) is 3.89. The molecule has 1 aromatic rings. The zero-order valence-electron chi connectivity index (χ0n) is 7.92. The molecule has 1 aromatic heterocycles. The highest BCUT2D eigenvalue weighted by Crippen LogP contribution is 2.25. The highest BCUT2D eigenvalue weighted by molar-refractivity contribution is 5.29. The van der Waals surface area contributed by atoms with E-state index < -0.39 is 0 Å². The summed E-state index contributed by atoms with van der Waals surface area (Å²) in [4.78, 5) is 0. The Morgan fingerprint density at radius 2 is 2.08 bits per heavy atom. The van der Waals surface area contributed by atoms with Crippen LogP contribution in [0.4, 0.5) is 5.88 Å². The smallest absolute Gasteiger partial charge is 0.231 e. The summed E-state index contributed by atoms with van der Waals surface area (Å²) in [6, 6.07) is 0.469. The van der Waals surface area contributed by atoms with Gasteiger partial charge in [0.1, 0.15) is 5.88 Å². The van der Waals surface area contributed by atoms with E-state index in [0.29, 0.717) is 6.04 Å². The molecule has 0 aromatic carbocycles. The molecule has 4 nitrogen and oxygen atoms in total. The Bertz CT molecular complexity index is 289. The summed E-state index contributed by atoms with van der Waals surface area (Å²) in [5.41, 5.74) is 8.26. The molecular formula is C9H15N3O. The van der Waals surface area contributed by atoms with Crippen molar-refractivity contribution in [3.8, 4) is 0 Å². The number of rotatable bonds is 1. The molecule has 4 heteroatoms. The lowest BCUT2D eigenvalue weighted by Crippen LogP contribution is -2.44. The van der Waals surface area contributed by atoms with Crippen LogP contribution >= 0.6 is 0 Å². The zero-order chi connectivity index (χ0) is 9.26. The van der Waals surface area contributed by atoms with Crippen molar-refractivity contribution in [2.75, 3.05) is 0 Å². The van der Waals surface area contributed by atoms with Gasteiger partial charge >= 0.3 is 0 Å². The monoisotopic (exact) mass is 181 g/mol. The van der Waals surface area contributed by atoms with E-state index in [2.05, 4.69) is 5.27 Å². The SMILES string of the molecule is Cc1c([NH-])on[n+]1C1CCCCC1. The third kappa shape index (κ3) is 1.53. The van der Waals surface area contributed by atoms with Crippen molar-refractivity contribution in [2.45, 2.75) is 45.1 Å². The molecule has 0 unspecified atom stereocenters. The first-order valence-electron chi connectivity index (χ1n) is 4.89. The largest absolute Gasteiger partial charge is 0.660 e. The summed E-state index contributed by atoms with van der Waals surface area (Å²) >= 11 is 0. The molecule has 72 valence electrons. The Morgan fingerprint density at radius 1 is 1.38 bits per heavy atom. The molecule has 2 rings (SSSR count). The van der Waals surface area contributed by atoms with Crippen molar-refractivity contribution in [3.63, 3.8) is 0 Å². The van der Waals surface area contributed by atoms with E-state index in [1.807, 2.05) is 11.6 Å². The average Bonchev–Trinajstić information content (AvgIpc) is 2.49. The van der Waals surface area contributed by atoms with Gasteiger partial charge in [-0.3, -0.25) is 0 Å². The lowest BCUT2D eigenvalue weighted by atomic mass is 9.95. The fraction of sp³-hybridized carbons (Fsp3) is 0.778. The summed E-state index contributed by atoms with van der Waals surface area (Å²) in [6.45, 7) is 1.90. The van der Waals surface area contributed by atoms with Crippen LogP contribution in [0.1, 0.15) is 43.8 Å². The summed E-state index contributed by atoms with van der Waals surface area (Å²) in [7, 11) is 0. The molecule has 0 amide bonds. The van der Waals surface area contributed by atoms with Crippen molar-refractivity contribution < 1.29 is 9.20 Å². The van der Waals surface area contributed by atoms with Gasteiger partial charge in [-0.1, -0.05) is 6.42 Å². The summed E-state index contributed by atoms with van der Waals surface area (Å²) in [5.74, 6) is 0.200. The highest BCUT2D eigenvalue weighted by Gasteiger charge is 2.27. The predicted molar refractivity (Wildman–Crippen MR) is 47.5 cm³/mol. The van der Waals surface area contributed by atoms with Crippen LogP contribution in [0.5, 0.6) is 0 Å². The molecule has 1 saturated carbocycles. The number of hydrogen-bond acceptors (Lipinski definition) is 2. The lowest BCUT2D eigenvalue weighted by molar-refractivity contribution is -0.791. The van der Waals surface area contributed by atoms with Crippen LogP contribution in [0, 0.1) is 6.92 Å². The summed E-state index contributed by atoms with van der Waals surface area (Å²) in [6.07, 6.45) is 6.24. The molecule has 0 aliphatic heterocycles. The van der Waals surface area contributed by atoms with Gasteiger partial charge < -0.3 is 10.3 Å². The van der Waals surface area contributed by atoms with Crippen LogP contribution in [-0.4, -0.2) is 5.27 Å². The first kappa shape index (κ1) is 8.53. The van der Waals surface area contributed by atoms with Gasteiger partial charge in [0.15, 0.2) is 11.3 Å². The molecular weight excluding hydrogens is 166 g/mol. The minimum Gasteiger partial charge on any atom is -0.660 e. The van der Waals surface area contributed by atoms with Crippen LogP contribution < -0.4 is 4.68 Å². The topological polar surface area (TPSA) is 53.7 Å². The Morgan fingerprint density at radius 3 is 2.62 bits per heavy atom. The third-order valence-electron chi connectivity index (χ3n) is 2.81. The first-order chi connectivity index (χ1) is 6.29. The van der Waals surface area contributed by atoms with E-state index >= 15 is 0 Å². The Kier molecular flexibility index (Phi) is 2.20. The molecule has 0 atom stereocenters. The molecule has 1 N–H and O–H groups in total. The first-order valence-corrected chi connectivity index (χ1v) is 4.89. The molecule has 1 aliphatic carbocycles. The zero-order valence-corrected chi connectivity index (χ0v) is 7.92. The van der Waals surface area contributed by atoms with Gasteiger partial charge in [-0.25, -0.2) is 0 Å². The Hall–Kier alpha value is -1.06. The maximum atomic E-state index is 7.41. The van der Waals surface area contributed by atoms with Crippen molar-refractivity contribution >= 4 is 5.88 Å². The standard InChI is InChI=1S/C9H15N3O/c1-7-9(10)13-11-12(7)8-5-3-2-4-6-8/h8,10H,2-6H2,1H3.